The van der Waals surface area contributed by atoms with E-state index >= 15 is 0 Å². The molecule has 0 spiro atoms. The Morgan fingerprint density at radius 1 is 1.00 bits per heavy atom. The average Bonchev–Trinajstić information content (AvgIpc) is 2.68. The van der Waals surface area contributed by atoms with E-state index in [1.165, 1.54) is 57.2 Å². The number of piperidine rings is 2. The predicted octanol–water partition coefficient (Wildman–Crippen LogP) is 3.25. The summed E-state index contributed by atoms with van der Waals surface area (Å²) < 4.78 is 0. The summed E-state index contributed by atoms with van der Waals surface area (Å²) in [6.07, 6.45) is 7.73. The van der Waals surface area contributed by atoms with E-state index in [2.05, 4.69) is 57.5 Å². The summed E-state index contributed by atoms with van der Waals surface area (Å²) in [6, 6.07) is 10.9. The number of likely N-dealkylation sites (tertiary alicyclic amines) is 2. The molecule has 1 aromatic rings. The molecule has 1 N–H and O–H groups in total. The molecule has 0 atom stereocenters. The van der Waals surface area contributed by atoms with Crippen LogP contribution in [0.3, 0.4) is 0 Å². The number of hydrogen-bond donors (Lipinski definition) is 1. The zero-order valence-electron chi connectivity index (χ0n) is 16.7. The third-order valence-electron chi connectivity index (χ3n) is 6.17. The smallest absolute Gasteiger partial charge is 0.193 e. The summed E-state index contributed by atoms with van der Waals surface area (Å²) in [5.74, 6) is 2.80. The fraction of sp³-hybridized carbons (Fsp3) is 0.682. The van der Waals surface area contributed by atoms with Gasteiger partial charge in [0.15, 0.2) is 5.96 Å². The highest BCUT2D eigenvalue weighted by molar-refractivity contribution is 5.79. The van der Waals surface area contributed by atoms with Crippen LogP contribution in [0.4, 0.5) is 0 Å². The molecule has 2 saturated heterocycles. The normalized spacial score (nSPS) is 21.2. The first-order valence-electron chi connectivity index (χ1n) is 10.4. The average molecular weight is 357 g/mol. The highest BCUT2D eigenvalue weighted by Gasteiger charge is 2.22. The third-order valence-corrected chi connectivity index (χ3v) is 6.17. The van der Waals surface area contributed by atoms with Gasteiger partial charge in [0.05, 0.1) is 0 Å². The molecule has 0 saturated carbocycles. The molecule has 0 aliphatic carbocycles. The second kappa shape index (κ2) is 9.96. The van der Waals surface area contributed by atoms with E-state index < -0.39 is 0 Å². The van der Waals surface area contributed by atoms with Gasteiger partial charge in [0.1, 0.15) is 0 Å². The van der Waals surface area contributed by atoms with E-state index in [9.17, 15) is 0 Å². The molecule has 0 amide bonds. The van der Waals surface area contributed by atoms with Gasteiger partial charge in [-0.05, 0) is 76.1 Å². The van der Waals surface area contributed by atoms with Gasteiger partial charge in [-0.1, -0.05) is 30.3 Å². The zero-order valence-corrected chi connectivity index (χ0v) is 16.7. The highest BCUT2D eigenvalue weighted by Crippen LogP contribution is 2.22. The molecule has 4 nitrogen and oxygen atoms in total. The second-order valence-corrected chi connectivity index (χ2v) is 8.13. The fourth-order valence-electron chi connectivity index (χ4n) is 4.37. The Labute approximate surface area is 159 Å². The van der Waals surface area contributed by atoms with Crippen molar-refractivity contribution in [3.05, 3.63) is 35.9 Å². The van der Waals surface area contributed by atoms with Crippen LogP contribution in [0.2, 0.25) is 0 Å². The summed E-state index contributed by atoms with van der Waals surface area (Å²) in [5.41, 5.74) is 1.48. The fourth-order valence-corrected chi connectivity index (χ4v) is 4.37. The van der Waals surface area contributed by atoms with Crippen LogP contribution in [0, 0.1) is 11.8 Å². The molecule has 0 unspecified atom stereocenters. The van der Waals surface area contributed by atoms with Gasteiger partial charge < -0.3 is 15.1 Å². The highest BCUT2D eigenvalue weighted by atomic mass is 15.3. The van der Waals surface area contributed by atoms with E-state index in [1.807, 2.05) is 7.05 Å². The number of hydrogen-bond acceptors (Lipinski definition) is 2. The molecular formula is C22H36N4. The maximum Gasteiger partial charge on any atom is 0.193 e. The number of aliphatic imine (C=N–C) groups is 1. The second-order valence-electron chi connectivity index (χ2n) is 8.13. The summed E-state index contributed by atoms with van der Waals surface area (Å²) in [6.45, 7) is 5.84. The van der Waals surface area contributed by atoms with Crippen molar-refractivity contribution in [2.45, 2.75) is 38.5 Å². The Kier molecular flexibility index (Phi) is 7.36. The summed E-state index contributed by atoms with van der Waals surface area (Å²) in [7, 11) is 4.16. The van der Waals surface area contributed by atoms with Gasteiger partial charge in [0.2, 0.25) is 0 Å². The first-order chi connectivity index (χ1) is 12.7. The van der Waals surface area contributed by atoms with E-state index in [0.29, 0.717) is 0 Å². The molecule has 1 aromatic carbocycles. The summed E-state index contributed by atoms with van der Waals surface area (Å²) in [4.78, 5) is 9.44. The largest absolute Gasteiger partial charge is 0.356 e. The van der Waals surface area contributed by atoms with Gasteiger partial charge in [0, 0.05) is 26.7 Å². The molecule has 2 heterocycles. The number of nitrogens with zero attached hydrogens (tertiary/aromatic N) is 3. The monoisotopic (exact) mass is 356 g/mol. The molecule has 4 heteroatoms. The van der Waals surface area contributed by atoms with Crippen LogP contribution >= 0.6 is 0 Å². The van der Waals surface area contributed by atoms with Crippen molar-refractivity contribution in [3.63, 3.8) is 0 Å². The Hall–Kier alpha value is -1.55. The first-order valence-corrected chi connectivity index (χ1v) is 10.4. The quantitative estimate of drug-likeness (QED) is 0.649. The number of rotatable bonds is 5. The van der Waals surface area contributed by atoms with Crippen LogP contribution in [0.1, 0.15) is 37.7 Å². The van der Waals surface area contributed by atoms with Crippen molar-refractivity contribution < 1.29 is 0 Å². The van der Waals surface area contributed by atoms with Crippen LogP contribution in [0.5, 0.6) is 0 Å². The van der Waals surface area contributed by atoms with Crippen LogP contribution < -0.4 is 5.32 Å². The minimum Gasteiger partial charge on any atom is -0.356 e. The molecule has 3 rings (SSSR count). The van der Waals surface area contributed by atoms with Crippen LogP contribution in [-0.4, -0.2) is 62.6 Å². The van der Waals surface area contributed by atoms with E-state index in [4.69, 9.17) is 0 Å². The van der Waals surface area contributed by atoms with Crippen LogP contribution in [0.25, 0.3) is 0 Å². The van der Waals surface area contributed by atoms with Crippen molar-refractivity contribution in [1.82, 2.24) is 15.1 Å². The molecule has 0 radical (unpaired) electrons. The molecule has 2 aliphatic rings. The molecule has 0 bridgehead atoms. The third kappa shape index (κ3) is 5.73. The van der Waals surface area contributed by atoms with Gasteiger partial charge in [-0.2, -0.15) is 0 Å². The Balaban J connectivity index is 1.37. The summed E-state index contributed by atoms with van der Waals surface area (Å²) >= 11 is 0. The lowest BCUT2D eigenvalue weighted by Crippen LogP contribution is -2.46. The molecule has 144 valence electrons. The van der Waals surface area contributed by atoms with Gasteiger partial charge >= 0.3 is 0 Å². The van der Waals surface area contributed by atoms with Gasteiger partial charge in [0.25, 0.3) is 0 Å². The number of nitrogens with one attached hydrogen (secondary N) is 1. The SMILES string of the molecule is CN=C(NCCC1CCN(C)CC1)N1CCC(Cc2ccccc2)CC1. The minimum atomic E-state index is 0.811. The van der Waals surface area contributed by atoms with Gasteiger partial charge in [-0.15, -0.1) is 0 Å². The molecule has 26 heavy (non-hydrogen) atoms. The van der Waals surface area contributed by atoms with Crippen molar-refractivity contribution in [2.75, 3.05) is 46.8 Å². The van der Waals surface area contributed by atoms with Crippen molar-refractivity contribution >= 4 is 5.96 Å². The Morgan fingerprint density at radius 2 is 1.65 bits per heavy atom. The summed E-state index contributed by atoms with van der Waals surface area (Å²) in [5, 5.41) is 3.62. The van der Waals surface area contributed by atoms with Gasteiger partial charge in [-0.3, -0.25) is 4.99 Å². The molecule has 0 aromatic heterocycles. The van der Waals surface area contributed by atoms with E-state index in [-0.39, 0.29) is 0 Å². The van der Waals surface area contributed by atoms with Crippen LogP contribution in [0.15, 0.2) is 35.3 Å². The topological polar surface area (TPSA) is 30.9 Å². The van der Waals surface area contributed by atoms with Crippen LogP contribution in [-0.2, 0) is 6.42 Å². The van der Waals surface area contributed by atoms with E-state index in [1.54, 1.807) is 0 Å². The molecular weight excluding hydrogens is 320 g/mol. The minimum absolute atomic E-state index is 0.811. The number of benzene rings is 1. The molecule has 2 aliphatic heterocycles. The van der Waals surface area contributed by atoms with E-state index in [0.717, 1.165) is 37.4 Å². The predicted molar refractivity (Wildman–Crippen MR) is 111 cm³/mol. The Morgan fingerprint density at radius 3 is 2.31 bits per heavy atom. The first kappa shape index (κ1) is 19.2. The molecule has 2 fully saturated rings. The lowest BCUT2D eigenvalue weighted by molar-refractivity contribution is 0.212. The van der Waals surface area contributed by atoms with Crippen molar-refractivity contribution in [3.8, 4) is 0 Å². The zero-order chi connectivity index (χ0) is 18.2. The lowest BCUT2D eigenvalue weighted by atomic mass is 9.90. The van der Waals surface area contributed by atoms with Gasteiger partial charge in [-0.25, -0.2) is 0 Å². The Bertz CT molecular complexity index is 541. The van der Waals surface area contributed by atoms with Crippen molar-refractivity contribution in [2.24, 2.45) is 16.8 Å². The standard InChI is InChI=1S/C22H36N4/c1-23-22(24-13-8-19-9-14-25(2)15-10-19)26-16-11-21(12-17-26)18-20-6-4-3-5-7-20/h3-7,19,21H,8-18H2,1-2H3,(H,23,24). The lowest BCUT2D eigenvalue weighted by Gasteiger charge is -2.35. The number of guanidine groups is 1. The maximum atomic E-state index is 4.54. The maximum absolute atomic E-state index is 4.54. The van der Waals surface area contributed by atoms with Crippen molar-refractivity contribution in [1.29, 1.82) is 0 Å².